The van der Waals surface area contributed by atoms with Gasteiger partial charge in [0.25, 0.3) is 0 Å². The van der Waals surface area contributed by atoms with Gasteiger partial charge in [0.2, 0.25) is 22.8 Å². The number of hydrogen-bond donors (Lipinski definition) is 12. The molecule has 0 aliphatic heterocycles. The normalized spacial score (nSPS) is 6.51. The first-order chi connectivity index (χ1) is 20.8. The summed E-state index contributed by atoms with van der Waals surface area (Å²) in [5, 5.41) is 27.6. The average molecular weight is 1820 g/mol. The van der Waals surface area contributed by atoms with E-state index in [4.69, 9.17) is 56.7 Å². The van der Waals surface area contributed by atoms with Crippen LogP contribution in [0.1, 0.15) is 0 Å². The van der Waals surface area contributed by atoms with Crippen LogP contribution < -0.4 is 114 Å². The Hall–Kier alpha value is -3.59. The summed E-state index contributed by atoms with van der Waals surface area (Å²) in [6.07, 6.45) is 6.05. The molecule has 0 aromatic carbocycles. The molecule has 50 heteroatoms. The van der Waals surface area contributed by atoms with Crippen LogP contribution in [0.2, 0.25) is 0 Å². The van der Waals surface area contributed by atoms with E-state index in [2.05, 4.69) is 19.9 Å². The Labute approximate surface area is 453 Å². The predicted molar refractivity (Wildman–Crippen MR) is 228 cm³/mol. The fraction of sp³-hybridized carbons (Fsp3) is 0.200. The van der Waals surface area contributed by atoms with Crippen molar-refractivity contribution in [1.82, 2.24) is 87.4 Å². The van der Waals surface area contributed by atoms with E-state index >= 15 is 0 Å². The molecule has 448 valence electrons. The van der Waals surface area contributed by atoms with Crippen molar-refractivity contribution >= 4 is 20.8 Å². The zero-order valence-corrected chi connectivity index (χ0v) is 47.6. The smallest absolute Gasteiger partial charge is 0.759 e. The first-order valence-electron chi connectivity index (χ1n) is 11.1. The van der Waals surface area contributed by atoms with E-state index in [1.807, 2.05) is 0 Å². The average Bonchev–Trinajstić information content (AvgIpc) is 2.88. The molecule has 0 saturated carbocycles. The van der Waals surface area contributed by atoms with E-state index in [9.17, 15) is 19.2 Å². The van der Waals surface area contributed by atoms with Crippen LogP contribution in [0.25, 0.3) is 0 Å². The minimum Gasteiger partial charge on any atom is -0.759 e. The van der Waals surface area contributed by atoms with Gasteiger partial charge in [-0.25, -0.2) is 0 Å². The molecule has 0 aliphatic carbocycles. The summed E-state index contributed by atoms with van der Waals surface area (Å²) in [7, 11) is -3.97. The third kappa shape index (κ3) is 111. The van der Waals surface area contributed by atoms with E-state index < -0.39 is 20.8 Å². The van der Waals surface area contributed by atoms with Crippen LogP contribution in [0.15, 0.2) is 68.2 Å². The molecule has 0 unspecified atom stereocenters. The second-order valence-corrected chi connectivity index (χ2v) is 9.27. The summed E-state index contributed by atoms with van der Waals surface area (Å²) < 4.78 is 73.4. The summed E-state index contributed by atoms with van der Waals surface area (Å²) in [6, 6.07) is 5.84. The van der Waals surface area contributed by atoms with Crippen LogP contribution in [0.5, 0.6) is 0 Å². The van der Waals surface area contributed by atoms with Gasteiger partial charge in [0.05, 0.1) is 0 Å². The first kappa shape index (κ1) is 174. The van der Waals surface area contributed by atoms with Gasteiger partial charge in [0.1, 0.15) is 0 Å². The maximum atomic E-state index is 10.6. The van der Waals surface area contributed by atoms with Crippen molar-refractivity contribution in [1.29, 1.82) is 21.6 Å². The molecule has 0 aliphatic rings. The molecule has 0 fully saturated rings. The molecule has 0 atom stereocenters. The van der Waals surface area contributed by atoms with Gasteiger partial charge in [-0.1, -0.05) is 0 Å². The van der Waals surface area contributed by atoms with Crippen molar-refractivity contribution in [3.63, 3.8) is 0 Å². The minimum atomic E-state index is -5.17. The molecule has 4 aromatic heterocycles. The first-order valence-corrected chi connectivity index (χ1v) is 13.8. The third-order valence-corrected chi connectivity index (χ3v) is 3.90. The fourth-order valence-corrected chi connectivity index (χ4v) is 1.86. The Bertz CT molecular complexity index is 2000. The van der Waals surface area contributed by atoms with Gasteiger partial charge in [-0.2, -0.15) is 0 Å². The Morgan fingerprint density at radius 2 is 0.429 bits per heavy atom. The quantitative estimate of drug-likeness (QED) is 0.0574. The van der Waals surface area contributed by atoms with Crippen LogP contribution in [0, 0.1) is 21.6 Å². The van der Waals surface area contributed by atoms with E-state index in [0.29, 0.717) is 0 Å². The van der Waals surface area contributed by atoms with Crippen molar-refractivity contribution in [2.24, 2.45) is 28.2 Å². The maximum Gasteiger partial charge on any atom is 2.00 e. The van der Waals surface area contributed by atoms with Crippen LogP contribution in [0.4, 0.5) is 0 Å². The Morgan fingerprint density at radius 3 is 0.486 bits per heavy atom. The van der Waals surface area contributed by atoms with Gasteiger partial charge in [0.15, 0.2) is 0 Å². The number of hydrogen-bond acceptors (Lipinski definition) is 24. The standard InChI is InChI=1S/4C5H7N3O.8H3N.2H2O4S.12H2O.4Pt/c4*1-8-3-2-4(6)7-5(8)9;;;;;;;;;2*1-5(2,3)4;;;;;;;;;;;;;;;;/h4*2-3H,1H3,(H2,6,7,9);8*1H3;2*(H2,1,2,3,4);12*1H2;;;;/q;;;;;;;;;;;;;;;;;;;;;;;;;;4*+2/p-8. The van der Waals surface area contributed by atoms with Crippen LogP contribution in [-0.4, -0.2) is 119 Å². The summed E-state index contributed by atoms with van der Waals surface area (Å²) >= 11 is 0. The van der Waals surface area contributed by atoms with Gasteiger partial charge in [-0.15, -0.1) is 0 Å². The molecular formula is C20H72N20O24Pt4S2. The molecule has 4 heterocycles. The Morgan fingerprint density at radius 1 is 0.343 bits per heavy atom. The van der Waals surface area contributed by atoms with Crippen LogP contribution in [-0.2, 0) is 133 Å². The zero-order chi connectivity index (χ0) is 36.4. The van der Waals surface area contributed by atoms with E-state index in [0.717, 1.165) is 0 Å². The van der Waals surface area contributed by atoms with Crippen molar-refractivity contribution in [2.75, 3.05) is 0 Å². The van der Waals surface area contributed by atoms with E-state index in [-0.39, 0.29) is 244 Å². The summed E-state index contributed by atoms with van der Waals surface area (Å²) in [4.78, 5) is 55.7. The SMILES string of the molecule is Cn1ccc(=N)[n-]c1=O.Cn1ccc(=N)[n-]c1=O.Cn1ccc(=N)[n-]c1=O.Cn1ccc(=N)[n-]c1=O.N.N.N.N.N.N.N.N.O.O.O.O.O.O.O.O.O.O.O.O.O=S(=O)([O-])[O-].O=S(=O)([O-])[O-].[Pt+2].[Pt+2].[Pt+2].[Pt+2]. The van der Waals surface area contributed by atoms with Crippen LogP contribution in [0.3, 0.4) is 0 Å². The predicted octanol–water partition coefficient (Wildman–Crippen LogP) is -16.0. The van der Waals surface area contributed by atoms with Crippen molar-refractivity contribution in [3.8, 4) is 0 Å². The molecule has 0 bridgehead atoms. The van der Waals surface area contributed by atoms with E-state index in [1.54, 1.807) is 28.2 Å². The summed E-state index contributed by atoms with van der Waals surface area (Å²) in [5.74, 6) is 0. The molecule has 0 radical (unpaired) electrons. The summed E-state index contributed by atoms with van der Waals surface area (Å²) in [6.45, 7) is 0. The molecule has 52 N–H and O–H groups in total. The van der Waals surface area contributed by atoms with Crippen LogP contribution >= 0.6 is 0 Å². The molecule has 0 saturated heterocycles. The maximum absolute atomic E-state index is 10.6. The molecular weight excluding hydrogens is 1750 g/mol. The molecule has 0 amide bonds. The number of aryl methyl sites for hydroxylation is 4. The molecule has 44 nitrogen and oxygen atoms in total. The number of aromatic nitrogens is 8. The summed E-state index contributed by atoms with van der Waals surface area (Å²) in [5.41, 5.74) is -1.50. The molecule has 4 aromatic rings. The van der Waals surface area contributed by atoms with Gasteiger partial charge in [0, 0.05) is 42.7 Å². The Kier molecular flexibility index (Phi) is 212. The monoisotopic (exact) mass is 1820 g/mol. The molecule has 70 heavy (non-hydrogen) atoms. The zero-order valence-electron chi connectivity index (χ0n) is 36.8. The number of nitrogens with one attached hydrogen (secondary N) is 4. The largest absolute Gasteiger partial charge is 2.00 e. The number of rotatable bonds is 0. The third-order valence-electron chi connectivity index (χ3n) is 3.90. The van der Waals surface area contributed by atoms with E-state index in [1.165, 1.54) is 67.3 Å². The molecule has 4 rings (SSSR count). The van der Waals surface area contributed by atoms with Gasteiger partial charge >= 0.3 is 84.3 Å². The topological polar surface area (TPSA) is 1060 Å². The fourth-order valence-electron chi connectivity index (χ4n) is 1.86. The van der Waals surface area contributed by atoms with Gasteiger partial charge in [-0.05, 0) is 77.2 Å². The second-order valence-electron chi connectivity index (χ2n) is 7.64. The Balaban J connectivity index is -0.0000000131. The molecule has 0 spiro atoms. The minimum absolute atomic E-state index is 0. The van der Waals surface area contributed by atoms with Crippen molar-refractivity contribution < 1.29 is 185 Å². The number of nitrogens with zero attached hydrogens (tertiary/aromatic N) is 8. The van der Waals surface area contributed by atoms with Crippen molar-refractivity contribution in [3.05, 3.63) is 113 Å². The van der Waals surface area contributed by atoms with Gasteiger partial charge in [-0.3, -0.25) is 36.0 Å². The van der Waals surface area contributed by atoms with Gasteiger partial charge < -0.3 is 193 Å². The van der Waals surface area contributed by atoms with Crippen molar-refractivity contribution in [2.45, 2.75) is 0 Å². The second kappa shape index (κ2) is 85.3.